The van der Waals surface area contributed by atoms with Crippen molar-refractivity contribution in [1.82, 2.24) is 4.90 Å². The highest BCUT2D eigenvalue weighted by Gasteiger charge is 2.18. The van der Waals surface area contributed by atoms with Crippen LogP contribution in [0.1, 0.15) is 30.4 Å². The third-order valence-corrected chi connectivity index (χ3v) is 3.24. The second kappa shape index (κ2) is 6.18. The average Bonchev–Trinajstić information content (AvgIpc) is 2.40. The standard InChI is InChI=1S/C15H17NO3/c17-14-7-3-4-10-16(14)11-13-6-2-1-5-12(13)8-9-15(18)19/h1-2,5-6,8-9H,3-4,7,10-11H2,(H,18,19). The van der Waals surface area contributed by atoms with Gasteiger partial charge in [0, 0.05) is 25.6 Å². The van der Waals surface area contributed by atoms with Crippen LogP contribution in [0, 0.1) is 0 Å². The molecule has 19 heavy (non-hydrogen) atoms. The van der Waals surface area contributed by atoms with E-state index >= 15 is 0 Å². The van der Waals surface area contributed by atoms with Crippen LogP contribution in [-0.2, 0) is 16.1 Å². The van der Waals surface area contributed by atoms with Gasteiger partial charge in [0.15, 0.2) is 0 Å². The van der Waals surface area contributed by atoms with Crippen molar-refractivity contribution in [2.75, 3.05) is 6.54 Å². The minimum Gasteiger partial charge on any atom is -0.478 e. The van der Waals surface area contributed by atoms with Crippen molar-refractivity contribution in [3.63, 3.8) is 0 Å². The van der Waals surface area contributed by atoms with Crippen molar-refractivity contribution >= 4 is 18.0 Å². The topological polar surface area (TPSA) is 57.6 Å². The third kappa shape index (κ3) is 3.68. The molecule has 1 heterocycles. The minimum atomic E-state index is -0.969. The molecule has 0 saturated carbocycles. The SMILES string of the molecule is O=C(O)C=Cc1ccccc1CN1CCCCC1=O. The number of nitrogens with zero attached hydrogens (tertiary/aromatic N) is 1. The fourth-order valence-corrected chi connectivity index (χ4v) is 2.24. The van der Waals surface area contributed by atoms with Gasteiger partial charge in [-0.25, -0.2) is 4.79 Å². The molecule has 1 aromatic rings. The van der Waals surface area contributed by atoms with E-state index in [1.54, 1.807) is 6.08 Å². The first kappa shape index (κ1) is 13.3. The maximum absolute atomic E-state index is 11.8. The zero-order valence-electron chi connectivity index (χ0n) is 10.7. The van der Waals surface area contributed by atoms with E-state index in [0.29, 0.717) is 13.0 Å². The smallest absolute Gasteiger partial charge is 0.328 e. The molecule has 1 saturated heterocycles. The highest BCUT2D eigenvalue weighted by atomic mass is 16.4. The third-order valence-electron chi connectivity index (χ3n) is 3.24. The number of likely N-dealkylation sites (tertiary alicyclic amines) is 1. The molecule has 0 radical (unpaired) electrons. The summed E-state index contributed by atoms with van der Waals surface area (Å²) in [4.78, 5) is 24.2. The van der Waals surface area contributed by atoms with Gasteiger partial charge in [0.05, 0.1) is 0 Å². The van der Waals surface area contributed by atoms with E-state index in [2.05, 4.69) is 0 Å². The van der Waals surface area contributed by atoms with Crippen molar-refractivity contribution < 1.29 is 14.7 Å². The van der Waals surface area contributed by atoms with Crippen LogP contribution in [0.15, 0.2) is 30.3 Å². The first-order valence-corrected chi connectivity index (χ1v) is 6.43. The number of rotatable bonds is 4. The Labute approximate surface area is 112 Å². The summed E-state index contributed by atoms with van der Waals surface area (Å²) in [5.74, 6) is -0.785. The Balaban J connectivity index is 2.15. The number of carboxylic acid groups (broad SMARTS) is 1. The van der Waals surface area contributed by atoms with Gasteiger partial charge in [0.1, 0.15) is 0 Å². The molecular weight excluding hydrogens is 242 g/mol. The van der Waals surface area contributed by atoms with E-state index in [-0.39, 0.29) is 5.91 Å². The van der Waals surface area contributed by atoms with Gasteiger partial charge in [0.2, 0.25) is 5.91 Å². The number of hydrogen-bond donors (Lipinski definition) is 1. The number of amides is 1. The van der Waals surface area contributed by atoms with E-state index in [4.69, 9.17) is 5.11 Å². The molecule has 2 rings (SSSR count). The molecule has 0 aliphatic carbocycles. The predicted molar refractivity (Wildman–Crippen MR) is 72.4 cm³/mol. The first-order chi connectivity index (χ1) is 9.16. The van der Waals surface area contributed by atoms with Crippen molar-refractivity contribution in [2.24, 2.45) is 0 Å². The lowest BCUT2D eigenvalue weighted by molar-refractivity contribution is -0.134. The van der Waals surface area contributed by atoms with Gasteiger partial charge in [0.25, 0.3) is 0 Å². The number of carbonyl (C=O) groups is 2. The molecule has 1 fully saturated rings. The van der Waals surface area contributed by atoms with Crippen LogP contribution in [0.3, 0.4) is 0 Å². The van der Waals surface area contributed by atoms with Gasteiger partial charge >= 0.3 is 5.97 Å². The van der Waals surface area contributed by atoms with Crippen LogP contribution in [0.4, 0.5) is 0 Å². The number of aliphatic carboxylic acids is 1. The first-order valence-electron chi connectivity index (χ1n) is 6.43. The van der Waals surface area contributed by atoms with Crippen molar-refractivity contribution in [1.29, 1.82) is 0 Å². The Morgan fingerprint density at radius 3 is 2.84 bits per heavy atom. The van der Waals surface area contributed by atoms with Gasteiger partial charge in [-0.2, -0.15) is 0 Å². The summed E-state index contributed by atoms with van der Waals surface area (Å²) in [6, 6.07) is 7.57. The fourth-order valence-electron chi connectivity index (χ4n) is 2.24. The van der Waals surface area contributed by atoms with Crippen molar-refractivity contribution in [3.05, 3.63) is 41.5 Å². The van der Waals surface area contributed by atoms with Crippen LogP contribution >= 0.6 is 0 Å². The van der Waals surface area contributed by atoms with Crippen LogP contribution < -0.4 is 0 Å². The summed E-state index contributed by atoms with van der Waals surface area (Å²) in [6.07, 6.45) is 5.32. The highest BCUT2D eigenvalue weighted by Crippen LogP contribution is 2.18. The van der Waals surface area contributed by atoms with Crippen LogP contribution in [0.25, 0.3) is 6.08 Å². The van der Waals surface area contributed by atoms with Gasteiger partial charge in [-0.1, -0.05) is 24.3 Å². The normalized spacial score (nSPS) is 16.0. The summed E-state index contributed by atoms with van der Waals surface area (Å²) in [7, 11) is 0. The Bertz CT molecular complexity index is 508. The van der Waals surface area contributed by atoms with Crippen LogP contribution in [-0.4, -0.2) is 28.4 Å². The minimum absolute atomic E-state index is 0.184. The number of carboxylic acids is 1. The molecule has 100 valence electrons. The average molecular weight is 259 g/mol. The summed E-state index contributed by atoms with van der Waals surface area (Å²) in [5, 5.41) is 8.68. The van der Waals surface area contributed by atoms with E-state index in [1.165, 1.54) is 0 Å². The van der Waals surface area contributed by atoms with Crippen molar-refractivity contribution in [3.8, 4) is 0 Å². The molecule has 1 aliphatic heterocycles. The molecule has 0 bridgehead atoms. The van der Waals surface area contributed by atoms with E-state index in [9.17, 15) is 9.59 Å². The maximum Gasteiger partial charge on any atom is 0.328 e. The lowest BCUT2D eigenvalue weighted by atomic mass is 10.0. The Kier molecular flexibility index (Phi) is 4.34. The van der Waals surface area contributed by atoms with E-state index in [1.807, 2.05) is 29.2 Å². The lowest BCUT2D eigenvalue weighted by Gasteiger charge is -2.27. The Morgan fingerprint density at radius 1 is 1.32 bits per heavy atom. The quantitative estimate of drug-likeness (QED) is 0.844. The zero-order valence-corrected chi connectivity index (χ0v) is 10.7. The molecule has 0 unspecified atom stereocenters. The van der Waals surface area contributed by atoms with Gasteiger partial charge < -0.3 is 10.0 Å². The lowest BCUT2D eigenvalue weighted by Crippen LogP contribution is -2.34. The van der Waals surface area contributed by atoms with Gasteiger partial charge in [-0.15, -0.1) is 0 Å². The molecule has 0 aromatic heterocycles. The Morgan fingerprint density at radius 2 is 2.11 bits per heavy atom. The molecule has 4 nitrogen and oxygen atoms in total. The number of piperidine rings is 1. The van der Waals surface area contributed by atoms with Crippen molar-refractivity contribution in [2.45, 2.75) is 25.8 Å². The molecular formula is C15H17NO3. The number of benzene rings is 1. The Hall–Kier alpha value is -2.10. The maximum atomic E-state index is 11.8. The van der Waals surface area contributed by atoms with Crippen LogP contribution in [0.2, 0.25) is 0 Å². The molecule has 1 aromatic carbocycles. The van der Waals surface area contributed by atoms with Gasteiger partial charge in [-0.3, -0.25) is 4.79 Å². The summed E-state index contributed by atoms with van der Waals surface area (Å²) in [6.45, 7) is 1.34. The summed E-state index contributed by atoms with van der Waals surface area (Å²) >= 11 is 0. The summed E-state index contributed by atoms with van der Waals surface area (Å²) in [5.41, 5.74) is 1.83. The fraction of sp³-hybridized carbons (Fsp3) is 0.333. The zero-order chi connectivity index (χ0) is 13.7. The van der Waals surface area contributed by atoms with Crippen LogP contribution in [0.5, 0.6) is 0 Å². The molecule has 0 spiro atoms. The second-order valence-corrected chi connectivity index (χ2v) is 4.64. The van der Waals surface area contributed by atoms with E-state index in [0.717, 1.165) is 36.6 Å². The number of hydrogen-bond acceptors (Lipinski definition) is 2. The molecule has 0 atom stereocenters. The number of carbonyl (C=O) groups excluding carboxylic acids is 1. The van der Waals surface area contributed by atoms with E-state index < -0.39 is 5.97 Å². The summed E-state index contributed by atoms with van der Waals surface area (Å²) < 4.78 is 0. The predicted octanol–water partition coefficient (Wildman–Crippen LogP) is 2.30. The largest absolute Gasteiger partial charge is 0.478 e. The molecule has 4 heteroatoms. The molecule has 1 amide bonds. The molecule has 1 N–H and O–H groups in total. The second-order valence-electron chi connectivity index (χ2n) is 4.64. The molecule has 1 aliphatic rings. The monoisotopic (exact) mass is 259 g/mol. The van der Waals surface area contributed by atoms with Gasteiger partial charge in [-0.05, 0) is 30.0 Å². The highest BCUT2D eigenvalue weighted by molar-refractivity contribution is 5.85.